The third-order valence-corrected chi connectivity index (χ3v) is 4.36. The molecule has 2 saturated heterocycles. The highest BCUT2D eigenvalue weighted by Crippen LogP contribution is 2.23. The Labute approximate surface area is 124 Å². The fourth-order valence-electron chi connectivity index (χ4n) is 3.07. The van der Waals surface area contributed by atoms with Gasteiger partial charge in [-0.15, -0.1) is 0 Å². The van der Waals surface area contributed by atoms with E-state index in [1.165, 1.54) is 0 Å². The number of hydrogen-bond acceptors (Lipinski definition) is 6. The second-order valence-corrected chi connectivity index (χ2v) is 5.58. The Morgan fingerprint density at radius 3 is 2.48 bits per heavy atom. The molecule has 0 saturated carbocycles. The van der Waals surface area contributed by atoms with Gasteiger partial charge in [-0.1, -0.05) is 6.07 Å². The molecule has 0 unspecified atom stereocenters. The van der Waals surface area contributed by atoms with Crippen LogP contribution in [0.15, 0.2) is 41.3 Å². The Balaban J connectivity index is 1.29. The number of rotatable bonds is 3. The van der Waals surface area contributed by atoms with E-state index in [2.05, 4.69) is 36.8 Å². The van der Waals surface area contributed by atoms with E-state index in [-0.39, 0.29) is 0 Å². The van der Waals surface area contributed by atoms with Crippen molar-refractivity contribution in [3.8, 4) is 0 Å². The minimum atomic E-state index is 0.628. The van der Waals surface area contributed by atoms with Crippen LogP contribution in [0.4, 0.5) is 11.8 Å². The molecule has 0 atom stereocenters. The van der Waals surface area contributed by atoms with Gasteiger partial charge in [0.05, 0.1) is 6.20 Å². The van der Waals surface area contributed by atoms with Gasteiger partial charge < -0.3 is 14.2 Å². The average Bonchev–Trinajstić information content (AvgIpc) is 3.01. The van der Waals surface area contributed by atoms with E-state index >= 15 is 0 Å². The van der Waals surface area contributed by atoms with Crippen LogP contribution in [-0.4, -0.2) is 60.2 Å². The largest absolute Gasteiger partial charge is 0.432 e. The zero-order valence-electron chi connectivity index (χ0n) is 11.9. The SMILES string of the molecule is c1ccc(N2CCN(C3CN(c4ncco4)C3)CC2)nc1. The fraction of sp³-hybridized carbons (Fsp3) is 0.467. The van der Waals surface area contributed by atoms with E-state index in [1.54, 1.807) is 12.5 Å². The zero-order chi connectivity index (χ0) is 14.1. The van der Waals surface area contributed by atoms with E-state index in [9.17, 15) is 0 Å². The molecule has 0 bridgehead atoms. The van der Waals surface area contributed by atoms with Gasteiger partial charge in [-0.3, -0.25) is 4.90 Å². The molecule has 6 nitrogen and oxygen atoms in total. The van der Waals surface area contributed by atoms with Gasteiger partial charge in [-0.05, 0) is 12.1 Å². The molecular weight excluding hydrogens is 266 g/mol. The number of nitrogens with zero attached hydrogens (tertiary/aromatic N) is 5. The highest BCUT2D eigenvalue weighted by molar-refractivity contribution is 5.38. The van der Waals surface area contributed by atoms with Gasteiger partial charge in [-0.25, -0.2) is 9.97 Å². The lowest BCUT2D eigenvalue weighted by atomic mass is 10.1. The van der Waals surface area contributed by atoms with Crippen molar-refractivity contribution in [1.29, 1.82) is 0 Å². The molecule has 21 heavy (non-hydrogen) atoms. The summed E-state index contributed by atoms with van der Waals surface area (Å²) in [5.74, 6) is 1.09. The smallest absolute Gasteiger partial charge is 0.297 e. The lowest BCUT2D eigenvalue weighted by molar-refractivity contribution is 0.153. The van der Waals surface area contributed by atoms with Gasteiger partial charge in [0, 0.05) is 51.5 Å². The lowest BCUT2D eigenvalue weighted by Gasteiger charge is -2.47. The van der Waals surface area contributed by atoms with E-state index in [0.29, 0.717) is 6.04 Å². The molecule has 110 valence electrons. The van der Waals surface area contributed by atoms with Crippen LogP contribution >= 0.6 is 0 Å². The zero-order valence-corrected chi connectivity index (χ0v) is 11.9. The molecule has 2 aliphatic rings. The number of pyridine rings is 1. The van der Waals surface area contributed by atoms with Crippen LogP contribution in [0.25, 0.3) is 0 Å². The quantitative estimate of drug-likeness (QED) is 0.841. The van der Waals surface area contributed by atoms with Gasteiger partial charge in [0.25, 0.3) is 6.01 Å². The molecule has 6 heteroatoms. The summed E-state index contributed by atoms with van der Waals surface area (Å²) >= 11 is 0. The maximum absolute atomic E-state index is 5.33. The summed E-state index contributed by atoms with van der Waals surface area (Å²) < 4.78 is 5.33. The lowest BCUT2D eigenvalue weighted by Crippen LogP contribution is -2.63. The first-order valence-electron chi connectivity index (χ1n) is 7.44. The third-order valence-electron chi connectivity index (χ3n) is 4.36. The Bertz CT molecular complexity index is 559. The maximum Gasteiger partial charge on any atom is 0.297 e. The predicted octanol–water partition coefficient (Wildman–Crippen LogP) is 1.08. The van der Waals surface area contributed by atoms with Crippen molar-refractivity contribution in [2.75, 3.05) is 49.1 Å². The van der Waals surface area contributed by atoms with Crippen molar-refractivity contribution in [3.63, 3.8) is 0 Å². The molecule has 4 heterocycles. The van der Waals surface area contributed by atoms with Crippen LogP contribution in [0.1, 0.15) is 0 Å². The second kappa shape index (κ2) is 5.37. The van der Waals surface area contributed by atoms with E-state index < -0.39 is 0 Å². The van der Waals surface area contributed by atoms with E-state index in [1.807, 2.05) is 12.3 Å². The summed E-state index contributed by atoms with van der Waals surface area (Å²) in [6.45, 7) is 6.33. The molecule has 0 aromatic carbocycles. The standard InChI is InChI=1S/C15H19N5O/c1-2-4-16-14(3-1)19-8-6-18(7-9-19)13-11-20(12-13)15-17-5-10-21-15/h1-5,10,13H,6-9,11-12H2. The number of anilines is 2. The molecule has 2 aromatic rings. The Morgan fingerprint density at radius 1 is 0.952 bits per heavy atom. The summed E-state index contributed by atoms with van der Waals surface area (Å²) in [5.41, 5.74) is 0. The first kappa shape index (κ1) is 12.6. The number of oxazole rings is 1. The maximum atomic E-state index is 5.33. The van der Waals surface area contributed by atoms with Crippen LogP contribution in [0.5, 0.6) is 0 Å². The van der Waals surface area contributed by atoms with Gasteiger partial charge in [0.1, 0.15) is 12.1 Å². The number of hydrogen-bond donors (Lipinski definition) is 0. The second-order valence-electron chi connectivity index (χ2n) is 5.58. The van der Waals surface area contributed by atoms with Crippen LogP contribution < -0.4 is 9.80 Å². The number of piperazine rings is 1. The minimum Gasteiger partial charge on any atom is -0.432 e. The third kappa shape index (κ3) is 2.47. The summed E-state index contributed by atoms with van der Waals surface area (Å²) in [6.07, 6.45) is 5.20. The first-order chi connectivity index (χ1) is 10.4. The van der Waals surface area contributed by atoms with Gasteiger partial charge in [0.2, 0.25) is 0 Å². The molecular formula is C15H19N5O. The molecule has 2 aromatic heterocycles. The normalized spacial score (nSPS) is 20.6. The van der Waals surface area contributed by atoms with Crippen molar-refractivity contribution in [1.82, 2.24) is 14.9 Å². The van der Waals surface area contributed by atoms with Crippen molar-refractivity contribution in [2.45, 2.75) is 6.04 Å². The van der Waals surface area contributed by atoms with Gasteiger partial charge >= 0.3 is 0 Å². The van der Waals surface area contributed by atoms with Crippen LogP contribution in [0, 0.1) is 0 Å². The summed E-state index contributed by atoms with van der Waals surface area (Å²) in [4.78, 5) is 15.7. The predicted molar refractivity (Wildman–Crippen MR) is 80.5 cm³/mol. The summed E-state index contributed by atoms with van der Waals surface area (Å²) in [6, 6.07) is 7.48. The highest BCUT2D eigenvalue weighted by atomic mass is 16.4. The van der Waals surface area contributed by atoms with Crippen molar-refractivity contribution >= 4 is 11.8 Å². The summed E-state index contributed by atoms with van der Waals surface area (Å²) in [7, 11) is 0. The first-order valence-corrected chi connectivity index (χ1v) is 7.44. The Kier molecular flexibility index (Phi) is 3.23. The Morgan fingerprint density at radius 2 is 1.81 bits per heavy atom. The van der Waals surface area contributed by atoms with Gasteiger partial charge in [0.15, 0.2) is 0 Å². The highest BCUT2D eigenvalue weighted by Gasteiger charge is 2.35. The molecule has 0 radical (unpaired) electrons. The molecule has 0 N–H and O–H groups in total. The molecule has 0 aliphatic carbocycles. The molecule has 2 aliphatic heterocycles. The number of aromatic nitrogens is 2. The van der Waals surface area contributed by atoms with Crippen molar-refractivity contribution in [2.24, 2.45) is 0 Å². The summed E-state index contributed by atoms with van der Waals surface area (Å²) in [5, 5.41) is 0. The minimum absolute atomic E-state index is 0.628. The monoisotopic (exact) mass is 285 g/mol. The molecule has 0 amide bonds. The van der Waals surface area contributed by atoms with Crippen LogP contribution in [-0.2, 0) is 0 Å². The van der Waals surface area contributed by atoms with Crippen molar-refractivity contribution < 1.29 is 4.42 Å². The van der Waals surface area contributed by atoms with Crippen LogP contribution in [0.2, 0.25) is 0 Å². The molecule has 4 rings (SSSR count). The molecule has 2 fully saturated rings. The fourth-order valence-corrected chi connectivity index (χ4v) is 3.07. The van der Waals surface area contributed by atoms with E-state index in [0.717, 1.165) is 51.1 Å². The topological polar surface area (TPSA) is 48.6 Å². The molecule has 0 spiro atoms. The van der Waals surface area contributed by atoms with Crippen molar-refractivity contribution in [3.05, 3.63) is 36.9 Å². The van der Waals surface area contributed by atoms with Gasteiger partial charge in [-0.2, -0.15) is 0 Å². The van der Waals surface area contributed by atoms with E-state index in [4.69, 9.17) is 4.42 Å². The Hall–Kier alpha value is -2.08. The van der Waals surface area contributed by atoms with Crippen LogP contribution in [0.3, 0.4) is 0 Å². The average molecular weight is 285 g/mol.